The maximum absolute atomic E-state index is 12.1. The van der Waals surface area contributed by atoms with Crippen LogP contribution in [0.15, 0.2) is 35.2 Å². The fourth-order valence-electron chi connectivity index (χ4n) is 1.83. The molecule has 116 valence electrons. The summed E-state index contributed by atoms with van der Waals surface area (Å²) in [6, 6.07) is 8.83. The molecule has 1 aromatic heterocycles. The molecule has 1 aromatic carbocycles. The Morgan fingerprint density at radius 2 is 2.00 bits per heavy atom. The number of rotatable bonds is 6. The van der Waals surface area contributed by atoms with E-state index >= 15 is 0 Å². The Balaban J connectivity index is 2.04. The lowest BCUT2D eigenvalue weighted by molar-refractivity contribution is 0.0472. The molecule has 0 atom stereocenters. The predicted octanol–water partition coefficient (Wildman–Crippen LogP) is 3.83. The van der Waals surface area contributed by atoms with E-state index in [0.29, 0.717) is 16.2 Å². The van der Waals surface area contributed by atoms with Crippen molar-refractivity contribution in [2.75, 3.05) is 20.0 Å². The van der Waals surface area contributed by atoms with Crippen LogP contribution in [0.25, 0.3) is 0 Å². The van der Waals surface area contributed by atoms with Gasteiger partial charge in [-0.25, -0.2) is 4.79 Å². The number of ketones is 1. The van der Waals surface area contributed by atoms with Crippen LogP contribution in [0.4, 0.5) is 0 Å². The Morgan fingerprint density at radius 1 is 1.23 bits per heavy atom. The van der Waals surface area contributed by atoms with E-state index in [1.54, 1.807) is 30.0 Å². The summed E-state index contributed by atoms with van der Waals surface area (Å²) in [4.78, 5) is 26.7. The standard InChI is InChI=1S/C16H16O4S2/c1-10-4-7-15(22-10)13(17)9-20-16(18)12-6-5-11(21-3)8-14(12)19-2/h4-8H,9H2,1-3H3. The third kappa shape index (κ3) is 3.90. The normalized spacial score (nSPS) is 10.3. The molecule has 0 aliphatic carbocycles. The van der Waals surface area contributed by atoms with Gasteiger partial charge in [-0.05, 0) is 43.5 Å². The smallest absolute Gasteiger partial charge is 0.342 e. The third-order valence-electron chi connectivity index (χ3n) is 2.98. The van der Waals surface area contributed by atoms with Gasteiger partial charge < -0.3 is 9.47 Å². The highest BCUT2D eigenvalue weighted by Crippen LogP contribution is 2.26. The average molecular weight is 336 g/mol. The monoisotopic (exact) mass is 336 g/mol. The van der Waals surface area contributed by atoms with Crippen LogP contribution < -0.4 is 4.74 Å². The minimum atomic E-state index is -0.564. The van der Waals surface area contributed by atoms with Gasteiger partial charge in [0.05, 0.1) is 12.0 Å². The van der Waals surface area contributed by atoms with Crippen molar-refractivity contribution < 1.29 is 19.1 Å². The van der Waals surface area contributed by atoms with Crippen LogP contribution in [0.3, 0.4) is 0 Å². The van der Waals surface area contributed by atoms with Crippen LogP contribution in [0.5, 0.6) is 5.75 Å². The highest BCUT2D eigenvalue weighted by atomic mass is 32.2. The van der Waals surface area contributed by atoms with Gasteiger partial charge in [-0.1, -0.05) is 0 Å². The van der Waals surface area contributed by atoms with Crippen molar-refractivity contribution in [3.05, 3.63) is 45.6 Å². The van der Waals surface area contributed by atoms with E-state index in [1.165, 1.54) is 18.4 Å². The van der Waals surface area contributed by atoms with Crippen molar-refractivity contribution in [3.8, 4) is 5.75 Å². The number of esters is 1. The molecule has 0 unspecified atom stereocenters. The van der Waals surface area contributed by atoms with Gasteiger partial charge in [-0.15, -0.1) is 23.1 Å². The molecule has 0 aliphatic rings. The van der Waals surface area contributed by atoms with Gasteiger partial charge in [0.15, 0.2) is 6.61 Å². The van der Waals surface area contributed by atoms with Gasteiger partial charge in [-0.2, -0.15) is 0 Å². The lowest BCUT2D eigenvalue weighted by atomic mass is 10.2. The van der Waals surface area contributed by atoms with E-state index < -0.39 is 5.97 Å². The molecular formula is C16H16O4S2. The third-order valence-corrected chi connectivity index (χ3v) is 4.75. The summed E-state index contributed by atoms with van der Waals surface area (Å²) in [7, 11) is 1.50. The molecular weight excluding hydrogens is 320 g/mol. The second-order valence-corrected chi connectivity index (χ2v) is 6.64. The van der Waals surface area contributed by atoms with Crippen LogP contribution in [0.2, 0.25) is 0 Å². The molecule has 0 N–H and O–H groups in total. The van der Waals surface area contributed by atoms with Gasteiger partial charge in [0.2, 0.25) is 5.78 Å². The molecule has 2 aromatic rings. The second-order valence-electron chi connectivity index (χ2n) is 4.48. The number of thioether (sulfide) groups is 1. The summed E-state index contributed by atoms with van der Waals surface area (Å²) in [5.74, 6) is -0.325. The van der Waals surface area contributed by atoms with Crippen LogP contribution in [-0.2, 0) is 4.74 Å². The van der Waals surface area contributed by atoms with Crippen LogP contribution in [0.1, 0.15) is 24.9 Å². The molecule has 1 heterocycles. The van der Waals surface area contributed by atoms with E-state index in [1.807, 2.05) is 25.3 Å². The minimum Gasteiger partial charge on any atom is -0.496 e. The highest BCUT2D eigenvalue weighted by Gasteiger charge is 2.17. The van der Waals surface area contributed by atoms with Gasteiger partial charge >= 0.3 is 5.97 Å². The lowest BCUT2D eigenvalue weighted by Gasteiger charge is -2.09. The first-order valence-electron chi connectivity index (χ1n) is 6.54. The molecule has 0 saturated carbocycles. The van der Waals surface area contributed by atoms with Crippen molar-refractivity contribution in [1.29, 1.82) is 0 Å². The van der Waals surface area contributed by atoms with Gasteiger partial charge in [-0.3, -0.25) is 4.79 Å². The van der Waals surface area contributed by atoms with Crippen LogP contribution in [0, 0.1) is 6.92 Å². The molecule has 0 bridgehead atoms. The maximum atomic E-state index is 12.1. The quantitative estimate of drug-likeness (QED) is 0.456. The predicted molar refractivity (Wildman–Crippen MR) is 88.4 cm³/mol. The van der Waals surface area contributed by atoms with Crippen molar-refractivity contribution in [2.45, 2.75) is 11.8 Å². The van der Waals surface area contributed by atoms with Gasteiger partial charge in [0, 0.05) is 9.77 Å². The van der Waals surface area contributed by atoms with E-state index in [0.717, 1.165) is 9.77 Å². The van der Waals surface area contributed by atoms with Gasteiger partial charge in [0.1, 0.15) is 11.3 Å². The van der Waals surface area contributed by atoms with Crippen molar-refractivity contribution >= 4 is 34.9 Å². The SMILES string of the molecule is COc1cc(SC)ccc1C(=O)OCC(=O)c1ccc(C)s1. The summed E-state index contributed by atoms with van der Waals surface area (Å²) in [6.07, 6.45) is 1.94. The van der Waals surface area contributed by atoms with E-state index in [-0.39, 0.29) is 12.4 Å². The first-order chi connectivity index (χ1) is 10.5. The first-order valence-corrected chi connectivity index (χ1v) is 8.58. The first kappa shape index (κ1) is 16.6. The van der Waals surface area contributed by atoms with Crippen molar-refractivity contribution in [1.82, 2.24) is 0 Å². The fourth-order valence-corrected chi connectivity index (χ4v) is 3.05. The highest BCUT2D eigenvalue weighted by molar-refractivity contribution is 7.98. The van der Waals surface area contributed by atoms with E-state index in [4.69, 9.17) is 9.47 Å². The summed E-state index contributed by atoms with van der Waals surface area (Å²) < 4.78 is 10.3. The Bertz CT molecular complexity index is 691. The largest absolute Gasteiger partial charge is 0.496 e. The van der Waals surface area contributed by atoms with Gasteiger partial charge in [0.25, 0.3) is 0 Å². The molecule has 22 heavy (non-hydrogen) atoms. The van der Waals surface area contributed by atoms with Crippen LogP contribution in [-0.4, -0.2) is 31.7 Å². The number of methoxy groups -OCH3 is 1. The zero-order valence-corrected chi connectivity index (χ0v) is 14.2. The van der Waals surface area contributed by atoms with E-state index in [2.05, 4.69) is 0 Å². The number of aryl methyl sites for hydroxylation is 1. The molecule has 0 spiro atoms. The fraction of sp³-hybridized carbons (Fsp3) is 0.250. The Morgan fingerprint density at radius 3 is 2.59 bits per heavy atom. The van der Waals surface area contributed by atoms with Crippen molar-refractivity contribution in [2.24, 2.45) is 0 Å². The zero-order chi connectivity index (χ0) is 16.1. The Hall–Kier alpha value is -1.79. The second kappa shape index (κ2) is 7.47. The molecule has 0 amide bonds. The average Bonchev–Trinajstić information content (AvgIpc) is 2.98. The van der Waals surface area contributed by atoms with Crippen LogP contribution >= 0.6 is 23.1 Å². The number of Topliss-reactive ketones (excluding diaryl/α,β-unsaturated/α-hetero) is 1. The molecule has 0 saturated heterocycles. The number of hydrogen-bond acceptors (Lipinski definition) is 6. The summed E-state index contributed by atoms with van der Waals surface area (Å²) >= 11 is 2.94. The molecule has 0 radical (unpaired) electrons. The number of ether oxygens (including phenoxy) is 2. The summed E-state index contributed by atoms with van der Waals surface area (Å²) in [6.45, 7) is 1.65. The number of carbonyl (C=O) groups is 2. The number of thiophene rings is 1. The van der Waals surface area contributed by atoms with Crippen molar-refractivity contribution in [3.63, 3.8) is 0 Å². The molecule has 0 aliphatic heterocycles. The molecule has 6 heteroatoms. The summed E-state index contributed by atoms with van der Waals surface area (Å²) in [5, 5.41) is 0. The lowest BCUT2D eigenvalue weighted by Crippen LogP contribution is -2.14. The summed E-state index contributed by atoms with van der Waals surface area (Å²) in [5.41, 5.74) is 0.315. The Labute approximate surface area is 137 Å². The number of carbonyl (C=O) groups excluding carboxylic acids is 2. The molecule has 2 rings (SSSR count). The zero-order valence-electron chi connectivity index (χ0n) is 12.5. The minimum absolute atomic E-state index is 0.203. The molecule has 4 nitrogen and oxygen atoms in total. The maximum Gasteiger partial charge on any atom is 0.342 e. The van der Waals surface area contributed by atoms with E-state index in [9.17, 15) is 9.59 Å². The topological polar surface area (TPSA) is 52.6 Å². The Kier molecular flexibility index (Phi) is 5.63. The number of benzene rings is 1. The number of hydrogen-bond donors (Lipinski definition) is 0. The molecule has 0 fully saturated rings.